The van der Waals surface area contributed by atoms with Crippen molar-refractivity contribution in [3.05, 3.63) is 32.1 Å². The molecule has 0 aliphatic carbocycles. The molecule has 0 unspecified atom stereocenters. The molecular weight excluding hydrogens is 478 g/mol. The molecule has 0 aromatic heterocycles. The van der Waals surface area contributed by atoms with E-state index in [9.17, 15) is 19.2 Å². The van der Waals surface area contributed by atoms with E-state index in [1.807, 2.05) is 0 Å². The Morgan fingerprint density at radius 2 is 1.96 bits per heavy atom. The van der Waals surface area contributed by atoms with Gasteiger partial charge in [0.2, 0.25) is 0 Å². The lowest BCUT2D eigenvalue weighted by Gasteiger charge is -2.18. The number of imide groups is 1. The lowest BCUT2D eigenvalue weighted by molar-refractivity contribution is -0.148. The average molecular weight is 493 g/mol. The summed E-state index contributed by atoms with van der Waals surface area (Å²) in [5, 5.41) is -0.385. The van der Waals surface area contributed by atoms with E-state index in [2.05, 4.69) is 25.4 Å². The SMILES string of the molecule is COC(=O)COc1c(Cl)cc(/C=C2\SC(=O)N([C@H](C)C(=O)OC)C2=O)cc1Br. The summed E-state index contributed by atoms with van der Waals surface area (Å²) in [4.78, 5) is 48.5. The van der Waals surface area contributed by atoms with Crippen molar-refractivity contribution in [1.29, 1.82) is 0 Å². The molecule has 0 bridgehead atoms. The van der Waals surface area contributed by atoms with Crippen molar-refractivity contribution in [3.8, 4) is 5.75 Å². The maximum atomic E-state index is 12.5. The number of hydrogen-bond donors (Lipinski definition) is 0. The van der Waals surface area contributed by atoms with E-state index < -0.39 is 29.1 Å². The van der Waals surface area contributed by atoms with Gasteiger partial charge in [0.05, 0.1) is 28.6 Å². The Labute approximate surface area is 178 Å². The van der Waals surface area contributed by atoms with E-state index >= 15 is 0 Å². The Kier molecular flexibility index (Phi) is 7.50. The van der Waals surface area contributed by atoms with Crippen LogP contribution >= 0.6 is 39.3 Å². The average Bonchev–Trinajstić information content (AvgIpc) is 2.92. The van der Waals surface area contributed by atoms with Gasteiger partial charge in [-0.1, -0.05) is 11.6 Å². The van der Waals surface area contributed by atoms with Gasteiger partial charge in [-0.25, -0.2) is 9.59 Å². The normalized spacial score (nSPS) is 16.3. The number of methoxy groups -OCH3 is 2. The van der Waals surface area contributed by atoms with Gasteiger partial charge in [0.1, 0.15) is 6.04 Å². The fourth-order valence-electron chi connectivity index (χ4n) is 2.23. The van der Waals surface area contributed by atoms with Crippen LogP contribution in [0, 0.1) is 0 Å². The molecule has 0 saturated carbocycles. The van der Waals surface area contributed by atoms with E-state index in [1.54, 1.807) is 6.07 Å². The molecule has 1 aromatic rings. The summed E-state index contributed by atoms with van der Waals surface area (Å²) in [7, 11) is 2.41. The van der Waals surface area contributed by atoms with Crippen LogP contribution in [-0.2, 0) is 23.9 Å². The number of carbonyl (C=O) groups excluding carboxylic acids is 4. The number of nitrogens with zero attached hydrogens (tertiary/aromatic N) is 1. The van der Waals surface area contributed by atoms with Gasteiger partial charge < -0.3 is 14.2 Å². The molecule has 0 N–H and O–H groups in total. The van der Waals surface area contributed by atoms with Gasteiger partial charge in [-0.05, 0) is 58.4 Å². The van der Waals surface area contributed by atoms with Crippen molar-refractivity contribution < 1.29 is 33.4 Å². The van der Waals surface area contributed by atoms with Gasteiger partial charge in [-0.3, -0.25) is 14.5 Å². The zero-order chi connectivity index (χ0) is 21.0. The summed E-state index contributed by atoms with van der Waals surface area (Å²) in [6.45, 7) is 1.09. The molecule has 11 heteroatoms. The van der Waals surface area contributed by atoms with Gasteiger partial charge in [0, 0.05) is 0 Å². The highest BCUT2D eigenvalue weighted by Crippen LogP contribution is 2.38. The summed E-state index contributed by atoms with van der Waals surface area (Å²) in [6.07, 6.45) is 1.47. The summed E-state index contributed by atoms with van der Waals surface area (Å²) in [5.74, 6) is -1.63. The third-order valence-corrected chi connectivity index (χ3v) is 5.39. The molecule has 28 heavy (non-hydrogen) atoms. The fraction of sp³-hybridized carbons (Fsp3) is 0.294. The van der Waals surface area contributed by atoms with Crippen LogP contribution in [0.3, 0.4) is 0 Å². The number of halogens is 2. The molecule has 1 aromatic carbocycles. The number of amides is 2. The minimum atomic E-state index is -1.03. The molecule has 2 rings (SSSR count). The molecule has 0 radical (unpaired) electrons. The third kappa shape index (κ3) is 4.86. The van der Waals surface area contributed by atoms with Crippen molar-refractivity contribution in [1.82, 2.24) is 4.90 Å². The van der Waals surface area contributed by atoms with Crippen molar-refractivity contribution in [2.24, 2.45) is 0 Å². The van der Waals surface area contributed by atoms with E-state index in [1.165, 1.54) is 33.3 Å². The smallest absolute Gasteiger partial charge is 0.343 e. The highest BCUT2D eigenvalue weighted by molar-refractivity contribution is 9.10. The number of ether oxygens (including phenoxy) is 3. The molecule has 1 saturated heterocycles. The molecule has 1 aliphatic rings. The number of thioether (sulfide) groups is 1. The second-order valence-electron chi connectivity index (χ2n) is 5.43. The molecule has 8 nitrogen and oxygen atoms in total. The molecule has 150 valence electrons. The monoisotopic (exact) mass is 491 g/mol. The molecule has 0 spiro atoms. The van der Waals surface area contributed by atoms with Gasteiger partial charge in [0.15, 0.2) is 12.4 Å². The Bertz CT molecular complexity index is 850. The van der Waals surface area contributed by atoms with Crippen LogP contribution < -0.4 is 4.74 Å². The lowest BCUT2D eigenvalue weighted by atomic mass is 10.2. The topological polar surface area (TPSA) is 99.2 Å². The molecule has 1 heterocycles. The van der Waals surface area contributed by atoms with Crippen LogP contribution in [0.15, 0.2) is 21.5 Å². The van der Waals surface area contributed by atoms with E-state index in [-0.39, 0.29) is 22.3 Å². The van der Waals surface area contributed by atoms with Crippen molar-refractivity contribution in [3.63, 3.8) is 0 Å². The zero-order valence-electron chi connectivity index (χ0n) is 15.0. The number of benzene rings is 1. The fourth-order valence-corrected chi connectivity index (χ4v) is 4.13. The largest absolute Gasteiger partial charge is 0.479 e. The highest BCUT2D eigenvalue weighted by Gasteiger charge is 2.41. The van der Waals surface area contributed by atoms with Gasteiger partial charge in [-0.15, -0.1) is 0 Å². The predicted molar refractivity (Wildman–Crippen MR) is 106 cm³/mol. The lowest BCUT2D eigenvalue weighted by Crippen LogP contribution is -2.42. The Morgan fingerprint density at radius 3 is 2.54 bits per heavy atom. The minimum absolute atomic E-state index is 0.131. The maximum Gasteiger partial charge on any atom is 0.343 e. The van der Waals surface area contributed by atoms with Crippen LogP contribution in [0.5, 0.6) is 5.75 Å². The second-order valence-corrected chi connectivity index (χ2v) is 7.68. The van der Waals surface area contributed by atoms with E-state index in [4.69, 9.17) is 16.3 Å². The minimum Gasteiger partial charge on any atom is -0.479 e. The molecule has 1 aliphatic heterocycles. The quantitative estimate of drug-likeness (QED) is 0.441. The molecular formula is C17H15BrClNO7S. The number of hydrogen-bond acceptors (Lipinski definition) is 8. The Balaban J connectivity index is 2.26. The Hall–Kier alpha value is -2.04. The first kappa shape index (κ1) is 22.3. The van der Waals surface area contributed by atoms with Crippen LogP contribution in [0.25, 0.3) is 6.08 Å². The summed E-state index contributed by atoms with van der Waals surface area (Å²) < 4.78 is 14.8. The van der Waals surface area contributed by atoms with Crippen LogP contribution in [0.2, 0.25) is 5.02 Å². The molecule has 1 fully saturated rings. The van der Waals surface area contributed by atoms with Crippen LogP contribution in [0.4, 0.5) is 4.79 Å². The van der Waals surface area contributed by atoms with Crippen LogP contribution in [0.1, 0.15) is 12.5 Å². The van der Waals surface area contributed by atoms with Gasteiger partial charge in [0.25, 0.3) is 11.1 Å². The van der Waals surface area contributed by atoms with Crippen molar-refractivity contribution in [2.75, 3.05) is 20.8 Å². The number of carbonyl (C=O) groups is 4. The first-order chi connectivity index (χ1) is 13.2. The van der Waals surface area contributed by atoms with Gasteiger partial charge >= 0.3 is 11.9 Å². The Morgan fingerprint density at radius 1 is 1.29 bits per heavy atom. The van der Waals surface area contributed by atoms with E-state index in [0.717, 1.165) is 4.90 Å². The van der Waals surface area contributed by atoms with Crippen molar-refractivity contribution in [2.45, 2.75) is 13.0 Å². The zero-order valence-corrected chi connectivity index (χ0v) is 18.1. The third-order valence-electron chi connectivity index (χ3n) is 3.63. The second kappa shape index (κ2) is 9.44. The van der Waals surface area contributed by atoms with E-state index in [0.29, 0.717) is 21.8 Å². The first-order valence-corrected chi connectivity index (χ1v) is 9.71. The van der Waals surface area contributed by atoms with Gasteiger partial charge in [-0.2, -0.15) is 0 Å². The number of esters is 2. The summed E-state index contributed by atoms with van der Waals surface area (Å²) in [6, 6.07) is 2.08. The summed E-state index contributed by atoms with van der Waals surface area (Å²) >= 11 is 10.2. The standard InChI is InChI=1S/C17H15BrClNO7S/c1-8(16(23)26-3)20-15(22)12(28-17(20)24)6-9-4-10(18)14(11(19)5-9)27-7-13(21)25-2/h4-6,8H,7H2,1-3H3/b12-6-/t8-/m1/s1. The highest BCUT2D eigenvalue weighted by atomic mass is 79.9. The first-order valence-electron chi connectivity index (χ1n) is 7.73. The summed E-state index contributed by atoms with van der Waals surface area (Å²) in [5.41, 5.74) is 0.513. The predicted octanol–water partition coefficient (Wildman–Crippen LogP) is 3.25. The maximum absolute atomic E-state index is 12.5. The molecule has 1 atom stereocenters. The number of rotatable bonds is 6. The van der Waals surface area contributed by atoms with Crippen molar-refractivity contribution >= 4 is 68.5 Å². The molecule has 2 amide bonds. The van der Waals surface area contributed by atoms with Crippen LogP contribution in [-0.4, -0.2) is 54.9 Å².